The molecule has 1 N–H and O–H groups in total. The molecule has 1 saturated heterocycles. The molecule has 0 radical (unpaired) electrons. The maximum Gasteiger partial charge on any atom is 0.353 e. The quantitative estimate of drug-likeness (QED) is 0.666. The summed E-state index contributed by atoms with van der Waals surface area (Å²) in [5.41, 5.74) is -0.157. The Morgan fingerprint density at radius 1 is 1.23 bits per heavy atom. The summed E-state index contributed by atoms with van der Waals surface area (Å²) in [5, 5.41) is 14.4. The summed E-state index contributed by atoms with van der Waals surface area (Å²) in [5.74, 6) is 0.902. The van der Waals surface area contributed by atoms with E-state index < -0.39 is 4.92 Å². The van der Waals surface area contributed by atoms with Gasteiger partial charge in [0.15, 0.2) is 0 Å². The van der Waals surface area contributed by atoms with Crippen molar-refractivity contribution in [1.29, 1.82) is 0 Å². The highest BCUT2D eigenvalue weighted by atomic mass is 16.6. The molecule has 0 bridgehead atoms. The summed E-state index contributed by atoms with van der Waals surface area (Å²) >= 11 is 0. The van der Waals surface area contributed by atoms with Crippen LogP contribution in [0.1, 0.15) is 0 Å². The van der Waals surface area contributed by atoms with E-state index in [0.29, 0.717) is 37.9 Å². The standard InChI is InChI=1S/C13H14N6O3/c20-19(21)11-12(17-10-3-1-2-4-14-10)15-9-16-13(11)18-5-7-22-8-6-18/h1-4,9H,5-8H2,(H,14,15,16,17). The topological polar surface area (TPSA) is 106 Å². The van der Waals surface area contributed by atoms with Crippen LogP contribution in [0.15, 0.2) is 30.7 Å². The molecular formula is C13H14N6O3. The number of nitro groups is 1. The first-order chi connectivity index (χ1) is 10.8. The first-order valence-electron chi connectivity index (χ1n) is 6.76. The third-order valence-corrected chi connectivity index (χ3v) is 3.21. The molecule has 0 aromatic carbocycles. The van der Waals surface area contributed by atoms with Crippen molar-refractivity contribution in [3.63, 3.8) is 0 Å². The van der Waals surface area contributed by atoms with Gasteiger partial charge < -0.3 is 15.0 Å². The zero-order chi connectivity index (χ0) is 15.4. The SMILES string of the molecule is O=[N+]([O-])c1c(Nc2ccccn2)ncnc1N1CCOCC1. The second-order valence-corrected chi connectivity index (χ2v) is 4.59. The molecule has 0 atom stereocenters. The summed E-state index contributed by atoms with van der Waals surface area (Å²) in [6.45, 7) is 2.15. The molecule has 0 unspecified atom stereocenters. The molecule has 3 rings (SSSR count). The lowest BCUT2D eigenvalue weighted by Crippen LogP contribution is -2.37. The van der Waals surface area contributed by atoms with Gasteiger partial charge in [0.05, 0.1) is 18.1 Å². The maximum atomic E-state index is 11.5. The molecule has 22 heavy (non-hydrogen) atoms. The van der Waals surface area contributed by atoms with Gasteiger partial charge in [-0.2, -0.15) is 0 Å². The van der Waals surface area contributed by atoms with Crippen molar-refractivity contribution < 1.29 is 9.66 Å². The van der Waals surface area contributed by atoms with E-state index >= 15 is 0 Å². The van der Waals surface area contributed by atoms with Crippen LogP contribution >= 0.6 is 0 Å². The number of hydrogen-bond donors (Lipinski definition) is 1. The smallest absolute Gasteiger partial charge is 0.353 e. The molecule has 3 heterocycles. The number of nitrogens with zero attached hydrogens (tertiary/aromatic N) is 5. The Hall–Kier alpha value is -2.81. The average molecular weight is 302 g/mol. The van der Waals surface area contributed by atoms with Gasteiger partial charge in [0.2, 0.25) is 11.6 Å². The average Bonchev–Trinajstić information content (AvgIpc) is 2.56. The summed E-state index contributed by atoms with van der Waals surface area (Å²) in [6, 6.07) is 5.25. The number of nitrogens with one attached hydrogen (secondary N) is 1. The Kier molecular flexibility index (Phi) is 4.05. The number of ether oxygens (including phenoxy) is 1. The summed E-state index contributed by atoms with van der Waals surface area (Å²) < 4.78 is 5.27. The Labute approximate surface area is 126 Å². The van der Waals surface area contributed by atoms with Crippen LogP contribution < -0.4 is 10.2 Å². The van der Waals surface area contributed by atoms with Crippen molar-refractivity contribution in [2.24, 2.45) is 0 Å². The lowest BCUT2D eigenvalue weighted by molar-refractivity contribution is -0.383. The minimum atomic E-state index is -0.476. The predicted molar refractivity (Wildman–Crippen MR) is 79.2 cm³/mol. The summed E-state index contributed by atoms with van der Waals surface area (Å²) in [6.07, 6.45) is 2.90. The highest BCUT2D eigenvalue weighted by molar-refractivity contribution is 5.73. The monoisotopic (exact) mass is 302 g/mol. The molecule has 0 spiro atoms. The minimum absolute atomic E-state index is 0.125. The molecule has 0 amide bonds. The third kappa shape index (κ3) is 2.93. The highest BCUT2D eigenvalue weighted by Gasteiger charge is 2.28. The van der Waals surface area contributed by atoms with E-state index in [1.165, 1.54) is 6.33 Å². The van der Waals surface area contributed by atoms with Crippen molar-refractivity contribution >= 4 is 23.1 Å². The van der Waals surface area contributed by atoms with Gasteiger partial charge in [-0.1, -0.05) is 6.07 Å². The summed E-state index contributed by atoms with van der Waals surface area (Å²) in [4.78, 5) is 25.0. The van der Waals surface area contributed by atoms with Crippen LogP contribution in [0.25, 0.3) is 0 Å². The van der Waals surface area contributed by atoms with Crippen LogP contribution in [0.4, 0.5) is 23.1 Å². The predicted octanol–water partition coefficient (Wildman–Crippen LogP) is 1.36. The van der Waals surface area contributed by atoms with E-state index in [0.717, 1.165) is 0 Å². The van der Waals surface area contributed by atoms with Crippen molar-refractivity contribution in [1.82, 2.24) is 15.0 Å². The minimum Gasteiger partial charge on any atom is -0.378 e. The molecule has 2 aromatic heterocycles. The fourth-order valence-corrected chi connectivity index (χ4v) is 2.19. The zero-order valence-electron chi connectivity index (χ0n) is 11.7. The van der Waals surface area contributed by atoms with Gasteiger partial charge in [-0.3, -0.25) is 10.1 Å². The Morgan fingerprint density at radius 3 is 2.73 bits per heavy atom. The maximum absolute atomic E-state index is 11.5. The molecule has 0 aliphatic carbocycles. The number of pyridine rings is 1. The molecule has 1 fully saturated rings. The third-order valence-electron chi connectivity index (χ3n) is 3.21. The van der Waals surface area contributed by atoms with Gasteiger partial charge in [-0.25, -0.2) is 15.0 Å². The number of morpholine rings is 1. The van der Waals surface area contributed by atoms with Crippen LogP contribution in [-0.2, 0) is 4.74 Å². The van der Waals surface area contributed by atoms with Crippen LogP contribution in [0.5, 0.6) is 0 Å². The van der Waals surface area contributed by atoms with Gasteiger partial charge in [0.25, 0.3) is 0 Å². The van der Waals surface area contributed by atoms with Crippen LogP contribution in [0.2, 0.25) is 0 Å². The van der Waals surface area contributed by atoms with Crippen LogP contribution in [0, 0.1) is 10.1 Å². The van der Waals surface area contributed by atoms with Crippen molar-refractivity contribution in [2.75, 3.05) is 36.5 Å². The first-order valence-corrected chi connectivity index (χ1v) is 6.76. The van der Waals surface area contributed by atoms with E-state index in [4.69, 9.17) is 4.74 Å². The Bertz CT molecular complexity index is 660. The van der Waals surface area contributed by atoms with Crippen LogP contribution in [-0.4, -0.2) is 46.2 Å². The molecule has 9 heteroatoms. The molecule has 114 valence electrons. The van der Waals surface area contributed by atoms with Crippen molar-refractivity contribution in [3.05, 3.63) is 40.8 Å². The number of hydrogen-bond acceptors (Lipinski definition) is 8. The first kappa shape index (κ1) is 14.1. The Morgan fingerprint density at radius 2 is 2.05 bits per heavy atom. The fourth-order valence-electron chi connectivity index (χ4n) is 2.19. The van der Waals surface area contributed by atoms with Gasteiger partial charge >= 0.3 is 5.69 Å². The Balaban J connectivity index is 1.97. The van der Waals surface area contributed by atoms with E-state index in [9.17, 15) is 10.1 Å². The van der Waals surface area contributed by atoms with Gasteiger partial charge in [0.1, 0.15) is 12.1 Å². The number of rotatable bonds is 4. The molecular weight excluding hydrogens is 288 g/mol. The lowest BCUT2D eigenvalue weighted by Gasteiger charge is -2.27. The van der Waals surface area contributed by atoms with E-state index in [-0.39, 0.29) is 11.5 Å². The van der Waals surface area contributed by atoms with Crippen molar-refractivity contribution in [2.45, 2.75) is 0 Å². The fraction of sp³-hybridized carbons (Fsp3) is 0.308. The second kappa shape index (κ2) is 6.31. The van der Waals surface area contributed by atoms with Gasteiger partial charge in [-0.15, -0.1) is 0 Å². The molecule has 1 aliphatic rings. The van der Waals surface area contributed by atoms with E-state index in [1.54, 1.807) is 24.4 Å². The molecule has 1 aliphatic heterocycles. The highest BCUT2D eigenvalue weighted by Crippen LogP contribution is 2.33. The molecule has 2 aromatic rings. The van der Waals surface area contributed by atoms with Gasteiger partial charge in [-0.05, 0) is 12.1 Å². The normalized spacial score (nSPS) is 14.6. The van der Waals surface area contributed by atoms with Gasteiger partial charge in [0, 0.05) is 19.3 Å². The number of anilines is 3. The summed E-state index contributed by atoms with van der Waals surface area (Å²) in [7, 11) is 0. The van der Waals surface area contributed by atoms with Crippen molar-refractivity contribution in [3.8, 4) is 0 Å². The second-order valence-electron chi connectivity index (χ2n) is 4.59. The van der Waals surface area contributed by atoms with E-state index in [2.05, 4.69) is 20.3 Å². The zero-order valence-corrected chi connectivity index (χ0v) is 11.7. The molecule has 0 saturated carbocycles. The van der Waals surface area contributed by atoms with Crippen LogP contribution in [0.3, 0.4) is 0 Å². The van der Waals surface area contributed by atoms with E-state index in [1.807, 2.05) is 4.90 Å². The molecule has 9 nitrogen and oxygen atoms in total. The lowest BCUT2D eigenvalue weighted by atomic mass is 10.3. The largest absolute Gasteiger partial charge is 0.378 e. The number of aromatic nitrogens is 3.